The van der Waals surface area contributed by atoms with E-state index in [2.05, 4.69) is 10.6 Å². The van der Waals surface area contributed by atoms with Crippen molar-refractivity contribution in [1.82, 2.24) is 5.32 Å². The minimum absolute atomic E-state index is 0.0652. The fourth-order valence-corrected chi connectivity index (χ4v) is 3.45. The Balaban J connectivity index is 1.49. The van der Waals surface area contributed by atoms with Gasteiger partial charge in [-0.25, -0.2) is 9.59 Å². The summed E-state index contributed by atoms with van der Waals surface area (Å²) in [6.45, 7) is 0. The lowest BCUT2D eigenvalue weighted by molar-refractivity contribution is -0.140. The molecule has 2 amide bonds. The van der Waals surface area contributed by atoms with Gasteiger partial charge in [0.25, 0.3) is 11.8 Å². The van der Waals surface area contributed by atoms with Crippen LogP contribution in [0.25, 0.3) is 0 Å². The highest BCUT2D eigenvalue weighted by atomic mass is 16.6. The Kier molecular flexibility index (Phi) is 7.63. The molecule has 0 saturated carbocycles. The molecule has 0 fully saturated rings. The molecule has 0 aromatic heterocycles. The number of rotatable bonds is 7. The van der Waals surface area contributed by atoms with Crippen molar-refractivity contribution in [1.29, 1.82) is 0 Å². The van der Waals surface area contributed by atoms with Crippen molar-refractivity contribution >= 4 is 29.4 Å². The molecule has 4 aromatic carbocycles. The van der Waals surface area contributed by atoms with Crippen LogP contribution in [0.2, 0.25) is 0 Å². The largest absolute Gasteiger partial charge is 0.388 e. The van der Waals surface area contributed by atoms with Gasteiger partial charge < -0.3 is 15.4 Å². The van der Waals surface area contributed by atoms with Crippen LogP contribution < -0.4 is 10.6 Å². The molecule has 0 radical (unpaired) electrons. The van der Waals surface area contributed by atoms with E-state index < -0.39 is 23.9 Å². The van der Waals surface area contributed by atoms with Gasteiger partial charge in [-0.15, -0.1) is 0 Å². The van der Waals surface area contributed by atoms with E-state index in [1.807, 2.05) is 0 Å². The molecule has 0 aliphatic carbocycles. The molecule has 7 heteroatoms. The highest BCUT2D eigenvalue weighted by Gasteiger charge is 2.27. The molecule has 1 unspecified atom stereocenters. The van der Waals surface area contributed by atoms with Crippen LogP contribution in [0.15, 0.2) is 115 Å². The number of hydrogen-bond donors (Lipinski definition) is 2. The highest BCUT2D eigenvalue weighted by Crippen LogP contribution is 2.18. The zero-order valence-electron chi connectivity index (χ0n) is 19.1. The molecule has 4 aromatic rings. The summed E-state index contributed by atoms with van der Waals surface area (Å²) in [4.78, 5) is 50.9. The second-order valence-corrected chi connectivity index (χ2v) is 7.79. The van der Waals surface area contributed by atoms with Crippen LogP contribution in [0.3, 0.4) is 0 Å². The fraction of sp³-hybridized carbons (Fsp3) is 0.0345. The Morgan fingerprint density at radius 2 is 1.11 bits per heavy atom. The van der Waals surface area contributed by atoms with Crippen molar-refractivity contribution < 1.29 is 23.9 Å². The Morgan fingerprint density at radius 1 is 0.583 bits per heavy atom. The third kappa shape index (κ3) is 6.09. The van der Waals surface area contributed by atoms with Gasteiger partial charge in [-0.05, 0) is 48.0 Å². The number of nitrogens with one attached hydrogen (secondary N) is 2. The lowest BCUT2D eigenvalue weighted by Gasteiger charge is -2.17. The lowest BCUT2D eigenvalue weighted by Crippen LogP contribution is -2.35. The molecule has 0 aliphatic rings. The predicted octanol–water partition coefficient (Wildman–Crippen LogP) is 4.79. The first-order valence-electron chi connectivity index (χ1n) is 11.1. The minimum atomic E-state index is -1.20. The first-order valence-corrected chi connectivity index (χ1v) is 11.1. The predicted molar refractivity (Wildman–Crippen MR) is 134 cm³/mol. The topological polar surface area (TPSA) is 102 Å². The zero-order valence-corrected chi connectivity index (χ0v) is 19.1. The van der Waals surface area contributed by atoms with Crippen LogP contribution in [0.4, 0.5) is 5.69 Å². The summed E-state index contributed by atoms with van der Waals surface area (Å²) in [5.41, 5.74) is 1.71. The van der Waals surface area contributed by atoms with E-state index in [9.17, 15) is 19.2 Å². The SMILES string of the molecule is O=C(Nc1cccc(C(=O)OC(=O)C(NC(=O)c2ccccc2)c2ccccc2)c1)c1ccccc1. The van der Waals surface area contributed by atoms with Gasteiger partial charge in [-0.1, -0.05) is 72.8 Å². The van der Waals surface area contributed by atoms with E-state index in [0.717, 1.165) is 0 Å². The van der Waals surface area contributed by atoms with Crippen molar-refractivity contribution in [3.8, 4) is 0 Å². The van der Waals surface area contributed by atoms with Gasteiger partial charge in [0.1, 0.15) is 0 Å². The maximum Gasteiger partial charge on any atom is 0.345 e. The van der Waals surface area contributed by atoms with E-state index in [1.165, 1.54) is 12.1 Å². The summed E-state index contributed by atoms with van der Waals surface area (Å²) in [7, 11) is 0. The van der Waals surface area contributed by atoms with Crippen LogP contribution in [0.1, 0.15) is 42.7 Å². The van der Waals surface area contributed by atoms with Crippen LogP contribution in [0, 0.1) is 0 Å². The molecule has 7 nitrogen and oxygen atoms in total. The van der Waals surface area contributed by atoms with Crippen molar-refractivity contribution in [3.05, 3.63) is 138 Å². The van der Waals surface area contributed by atoms with Gasteiger partial charge in [-0.2, -0.15) is 0 Å². The summed E-state index contributed by atoms with van der Waals surface area (Å²) in [5, 5.41) is 5.35. The molecule has 4 rings (SSSR count). The Bertz CT molecular complexity index is 1370. The third-order valence-electron chi connectivity index (χ3n) is 5.27. The van der Waals surface area contributed by atoms with Gasteiger partial charge in [-0.3, -0.25) is 9.59 Å². The lowest BCUT2D eigenvalue weighted by atomic mass is 10.1. The Morgan fingerprint density at radius 3 is 1.72 bits per heavy atom. The number of benzene rings is 4. The number of ether oxygens (including phenoxy) is 1. The van der Waals surface area contributed by atoms with Crippen LogP contribution in [-0.2, 0) is 9.53 Å². The van der Waals surface area contributed by atoms with Crippen molar-refractivity contribution in [3.63, 3.8) is 0 Å². The first-order chi connectivity index (χ1) is 17.5. The van der Waals surface area contributed by atoms with Gasteiger partial charge in [0.05, 0.1) is 5.56 Å². The zero-order chi connectivity index (χ0) is 25.3. The van der Waals surface area contributed by atoms with E-state index in [-0.39, 0.29) is 11.5 Å². The second-order valence-electron chi connectivity index (χ2n) is 7.79. The molecule has 36 heavy (non-hydrogen) atoms. The van der Waals surface area contributed by atoms with Crippen LogP contribution >= 0.6 is 0 Å². The molecule has 1 atom stereocenters. The van der Waals surface area contributed by atoms with Gasteiger partial charge >= 0.3 is 11.9 Å². The molecule has 0 heterocycles. The molecule has 0 saturated heterocycles. The molecule has 0 spiro atoms. The Labute approximate surface area is 207 Å². The second kappa shape index (κ2) is 11.4. The van der Waals surface area contributed by atoms with Gasteiger partial charge in [0.2, 0.25) is 0 Å². The number of carbonyl (C=O) groups excluding carboxylic acids is 4. The average Bonchev–Trinajstić information content (AvgIpc) is 2.93. The maximum atomic E-state index is 13.0. The smallest absolute Gasteiger partial charge is 0.345 e. The maximum absolute atomic E-state index is 13.0. The highest BCUT2D eigenvalue weighted by molar-refractivity contribution is 6.05. The standard InChI is InChI=1S/C29H22N2O5/c32-26(21-13-6-2-7-14-21)30-24-18-10-17-23(19-24)28(34)36-29(35)25(20-11-4-1-5-12-20)31-27(33)22-15-8-3-9-16-22/h1-19,25H,(H,30,32)(H,31,33). The number of hydrogen-bond acceptors (Lipinski definition) is 5. The van der Waals surface area contributed by atoms with Crippen molar-refractivity contribution in [2.45, 2.75) is 6.04 Å². The fourth-order valence-electron chi connectivity index (χ4n) is 3.45. The van der Waals surface area contributed by atoms with Crippen LogP contribution in [-0.4, -0.2) is 23.8 Å². The summed E-state index contributed by atoms with van der Waals surface area (Å²) < 4.78 is 5.13. The summed E-state index contributed by atoms with van der Waals surface area (Å²) in [6, 6.07) is 30.4. The van der Waals surface area contributed by atoms with E-state index in [1.54, 1.807) is 103 Å². The quantitative estimate of drug-likeness (QED) is 0.294. The molecule has 0 aliphatic heterocycles. The number of esters is 2. The molecule has 0 bridgehead atoms. The van der Waals surface area contributed by atoms with E-state index in [0.29, 0.717) is 22.4 Å². The summed E-state index contributed by atoms with van der Waals surface area (Å²) in [5.74, 6) is -2.68. The molecule has 2 N–H and O–H groups in total. The summed E-state index contributed by atoms with van der Waals surface area (Å²) in [6.07, 6.45) is 0. The molecule has 178 valence electrons. The Hall–Kier alpha value is -5.04. The number of carbonyl (C=O) groups is 4. The summed E-state index contributed by atoms with van der Waals surface area (Å²) >= 11 is 0. The minimum Gasteiger partial charge on any atom is -0.388 e. The van der Waals surface area contributed by atoms with E-state index >= 15 is 0 Å². The number of amides is 2. The number of anilines is 1. The van der Waals surface area contributed by atoms with Crippen molar-refractivity contribution in [2.75, 3.05) is 5.32 Å². The van der Waals surface area contributed by atoms with Crippen LogP contribution in [0.5, 0.6) is 0 Å². The monoisotopic (exact) mass is 478 g/mol. The average molecular weight is 479 g/mol. The molecular weight excluding hydrogens is 456 g/mol. The molecular formula is C29H22N2O5. The first kappa shape index (κ1) is 24.1. The van der Waals surface area contributed by atoms with E-state index in [4.69, 9.17) is 4.74 Å². The van der Waals surface area contributed by atoms with Gasteiger partial charge in [0.15, 0.2) is 6.04 Å². The third-order valence-corrected chi connectivity index (χ3v) is 5.27. The normalized spacial score (nSPS) is 11.1. The van der Waals surface area contributed by atoms with Crippen molar-refractivity contribution in [2.24, 2.45) is 0 Å². The van der Waals surface area contributed by atoms with Gasteiger partial charge in [0, 0.05) is 16.8 Å².